The molecule has 2 heterocycles. The first-order chi connectivity index (χ1) is 11.6. The number of benzene rings is 1. The normalized spacial score (nSPS) is 10.9. The third-order valence-electron chi connectivity index (χ3n) is 3.71. The van der Waals surface area contributed by atoms with Crippen LogP contribution in [-0.4, -0.2) is 9.55 Å². The van der Waals surface area contributed by atoms with E-state index >= 15 is 0 Å². The van der Waals surface area contributed by atoms with Crippen LogP contribution in [0, 0.1) is 6.92 Å². The van der Waals surface area contributed by atoms with Gasteiger partial charge in [-0.2, -0.15) is 0 Å². The van der Waals surface area contributed by atoms with E-state index in [1.165, 1.54) is 16.6 Å². The molecule has 0 amide bonds. The molecule has 2 aromatic heterocycles. The fraction of sp³-hybridized carbons (Fsp3) is 0.222. The lowest BCUT2D eigenvalue weighted by atomic mass is 10.2. The maximum Gasteiger partial charge on any atom is 0.329 e. The van der Waals surface area contributed by atoms with Crippen LogP contribution in [0.25, 0.3) is 0 Å². The van der Waals surface area contributed by atoms with Crippen LogP contribution in [0.3, 0.4) is 0 Å². The second-order valence-electron chi connectivity index (χ2n) is 5.44. The number of thiophene rings is 1. The van der Waals surface area contributed by atoms with E-state index in [-0.39, 0.29) is 11.2 Å². The number of aromatic amines is 1. The lowest BCUT2D eigenvalue weighted by Gasteiger charge is -2.14. The van der Waals surface area contributed by atoms with Crippen molar-refractivity contribution in [3.8, 4) is 0 Å². The number of hydrogen-bond donors (Lipinski definition) is 1. The number of rotatable bonds is 6. The summed E-state index contributed by atoms with van der Waals surface area (Å²) in [6.07, 6.45) is 1.78. The van der Waals surface area contributed by atoms with Gasteiger partial charge in [0.2, 0.25) is 0 Å². The molecular formula is C18H18N2O2S2. The lowest BCUT2D eigenvalue weighted by Crippen LogP contribution is -2.33. The highest BCUT2D eigenvalue weighted by molar-refractivity contribution is 7.99. The summed E-state index contributed by atoms with van der Waals surface area (Å²) in [5.41, 5.74) is -0.0669. The van der Waals surface area contributed by atoms with Gasteiger partial charge in [0.05, 0.1) is 5.03 Å². The van der Waals surface area contributed by atoms with E-state index in [1.807, 2.05) is 36.4 Å². The summed E-state index contributed by atoms with van der Waals surface area (Å²) in [4.78, 5) is 29.0. The largest absolute Gasteiger partial charge is 0.329 e. The topological polar surface area (TPSA) is 54.9 Å². The van der Waals surface area contributed by atoms with Gasteiger partial charge in [0.15, 0.2) is 0 Å². The molecule has 24 heavy (non-hydrogen) atoms. The number of hydrogen-bond acceptors (Lipinski definition) is 4. The molecule has 0 bridgehead atoms. The zero-order chi connectivity index (χ0) is 16.9. The Morgan fingerprint density at radius 3 is 2.62 bits per heavy atom. The number of aromatic nitrogens is 2. The Morgan fingerprint density at radius 1 is 1.12 bits per heavy atom. The van der Waals surface area contributed by atoms with Gasteiger partial charge >= 0.3 is 5.69 Å². The van der Waals surface area contributed by atoms with Crippen LogP contribution in [0.4, 0.5) is 0 Å². The number of nitrogens with one attached hydrogen (secondary N) is 1. The predicted molar refractivity (Wildman–Crippen MR) is 99.3 cm³/mol. The lowest BCUT2D eigenvalue weighted by molar-refractivity contribution is 0.556. The van der Waals surface area contributed by atoms with Gasteiger partial charge in [-0.1, -0.05) is 36.0 Å². The fourth-order valence-corrected chi connectivity index (χ4v) is 4.25. The van der Waals surface area contributed by atoms with E-state index in [2.05, 4.69) is 16.4 Å². The number of aryl methyl sites for hydroxylation is 1. The molecule has 0 aliphatic heterocycles. The molecule has 0 atom stereocenters. The average Bonchev–Trinajstić information content (AvgIpc) is 3.09. The van der Waals surface area contributed by atoms with Crippen molar-refractivity contribution in [2.45, 2.75) is 36.2 Å². The van der Waals surface area contributed by atoms with E-state index in [1.54, 1.807) is 22.8 Å². The fourth-order valence-electron chi connectivity index (χ4n) is 2.45. The number of nitrogens with zero attached hydrogens (tertiary/aromatic N) is 1. The van der Waals surface area contributed by atoms with Crippen LogP contribution in [-0.2, 0) is 13.0 Å². The second kappa shape index (κ2) is 7.68. The van der Waals surface area contributed by atoms with Gasteiger partial charge in [0.25, 0.3) is 5.56 Å². The van der Waals surface area contributed by atoms with E-state index in [0.717, 1.165) is 22.8 Å². The highest BCUT2D eigenvalue weighted by Crippen LogP contribution is 2.28. The zero-order valence-electron chi connectivity index (χ0n) is 13.3. The highest BCUT2D eigenvalue weighted by atomic mass is 32.2. The molecule has 0 saturated heterocycles. The van der Waals surface area contributed by atoms with Gasteiger partial charge in [-0.3, -0.25) is 14.3 Å². The van der Waals surface area contributed by atoms with Crippen LogP contribution in [0.5, 0.6) is 0 Å². The van der Waals surface area contributed by atoms with E-state index in [4.69, 9.17) is 0 Å². The van der Waals surface area contributed by atoms with E-state index in [9.17, 15) is 9.59 Å². The monoisotopic (exact) mass is 358 g/mol. The first-order valence-corrected chi connectivity index (χ1v) is 9.44. The third-order valence-corrected chi connectivity index (χ3v) is 5.88. The van der Waals surface area contributed by atoms with Crippen molar-refractivity contribution in [1.82, 2.24) is 9.55 Å². The molecule has 0 aliphatic rings. The minimum absolute atomic E-state index is 0.312. The molecule has 3 rings (SSSR count). The quantitative estimate of drug-likeness (QED) is 0.684. The standard InChI is InChI=1S/C18H18N2O2S2/c1-13-16(21)19-18(22)20(11-5-9-14-10-6-12-23-14)17(13)24-15-7-3-2-4-8-15/h2-4,6-8,10,12H,5,9,11H2,1H3,(H,19,21,22). The van der Waals surface area contributed by atoms with Crippen LogP contribution < -0.4 is 11.2 Å². The molecule has 6 heteroatoms. The first-order valence-electron chi connectivity index (χ1n) is 7.74. The van der Waals surface area contributed by atoms with Crippen LogP contribution in [0.1, 0.15) is 16.9 Å². The summed E-state index contributed by atoms with van der Waals surface area (Å²) >= 11 is 3.19. The molecule has 0 radical (unpaired) electrons. The van der Waals surface area contributed by atoms with Gasteiger partial charge in [-0.05, 0) is 43.3 Å². The summed E-state index contributed by atoms with van der Waals surface area (Å²) < 4.78 is 1.68. The minimum Gasteiger partial charge on any atom is -0.288 e. The predicted octanol–water partition coefficient (Wildman–Crippen LogP) is 3.69. The third kappa shape index (κ3) is 3.88. The second-order valence-corrected chi connectivity index (χ2v) is 7.53. The molecule has 0 aliphatic carbocycles. The molecule has 4 nitrogen and oxygen atoms in total. The molecule has 3 aromatic rings. The Labute approximate surface area is 148 Å². The van der Waals surface area contributed by atoms with Gasteiger partial charge in [-0.25, -0.2) is 4.79 Å². The molecule has 1 aromatic carbocycles. The Hall–Kier alpha value is -2.05. The molecule has 0 saturated carbocycles. The van der Waals surface area contributed by atoms with Crippen molar-refractivity contribution in [3.63, 3.8) is 0 Å². The van der Waals surface area contributed by atoms with Crippen LogP contribution >= 0.6 is 23.1 Å². The summed E-state index contributed by atoms with van der Waals surface area (Å²) in [5, 5.41) is 2.78. The molecule has 0 fully saturated rings. The maximum absolute atomic E-state index is 12.3. The van der Waals surface area contributed by atoms with E-state index in [0.29, 0.717) is 12.1 Å². The molecule has 0 spiro atoms. The molecule has 0 unspecified atom stereocenters. The Morgan fingerprint density at radius 2 is 1.92 bits per heavy atom. The Balaban J connectivity index is 1.87. The van der Waals surface area contributed by atoms with Crippen LogP contribution in [0.2, 0.25) is 0 Å². The van der Waals surface area contributed by atoms with Crippen molar-refractivity contribution in [1.29, 1.82) is 0 Å². The van der Waals surface area contributed by atoms with Crippen molar-refractivity contribution >= 4 is 23.1 Å². The SMILES string of the molecule is Cc1c(Sc2ccccc2)n(CCCc2cccs2)c(=O)[nH]c1=O. The van der Waals surface area contributed by atoms with Gasteiger partial charge in [0, 0.05) is 21.9 Å². The minimum atomic E-state index is -0.338. The van der Waals surface area contributed by atoms with Gasteiger partial charge < -0.3 is 0 Å². The van der Waals surface area contributed by atoms with E-state index < -0.39 is 0 Å². The van der Waals surface area contributed by atoms with Crippen molar-refractivity contribution < 1.29 is 0 Å². The van der Waals surface area contributed by atoms with Crippen molar-refractivity contribution in [3.05, 3.63) is 79.1 Å². The molecule has 1 N–H and O–H groups in total. The molecule has 124 valence electrons. The van der Waals surface area contributed by atoms with Crippen molar-refractivity contribution in [2.24, 2.45) is 0 Å². The number of H-pyrrole nitrogens is 1. The Bertz CT molecular complexity index is 912. The highest BCUT2D eigenvalue weighted by Gasteiger charge is 2.13. The summed E-state index contributed by atoms with van der Waals surface area (Å²) in [6, 6.07) is 13.9. The maximum atomic E-state index is 12.3. The van der Waals surface area contributed by atoms with Gasteiger partial charge in [-0.15, -0.1) is 11.3 Å². The smallest absolute Gasteiger partial charge is 0.288 e. The zero-order valence-corrected chi connectivity index (χ0v) is 15.0. The summed E-state index contributed by atoms with van der Waals surface area (Å²) in [6.45, 7) is 2.35. The molecular weight excluding hydrogens is 340 g/mol. The average molecular weight is 358 g/mol. The van der Waals surface area contributed by atoms with Gasteiger partial charge in [0.1, 0.15) is 0 Å². The summed E-state index contributed by atoms with van der Waals surface area (Å²) in [7, 11) is 0. The van der Waals surface area contributed by atoms with Crippen LogP contribution in [0.15, 0.2) is 67.4 Å². The Kier molecular flexibility index (Phi) is 5.37. The van der Waals surface area contributed by atoms with Crippen molar-refractivity contribution in [2.75, 3.05) is 0 Å². The first kappa shape index (κ1) is 16.8. The summed E-state index contributed by atoms with van der Waals surface area (Å²) in [5.74, 6) is 0.